The number of hydrogen-bond donors (Lipinski definition) is 0. The summed E-state index contributed by atoms with van der Waals surface area (Å²) in [6.07, 6.45) is 10.5. The van der Waals surface area contributed by atoms with Crippen molar-refractivity contribution in [3.8, 4) is 16.8 Å². The van der Waals surface area contributed by atoms with Crippen LogP contribution in [0.25, 0.3) is 39.9 Å². The minimum atomic E-state index is 1.12. The zero-order valence-corrected chi connectivity index (χ0v) is 22.9. The molecule has 0 radical (unpaired) electrons. The third kappa shape index (κ3) is 5.12. The van der Waals surface area contributed by atoms with Crippen LogP contribution in [0.4, 0.5) is 17.1 Å². The Morgan fingerprint density at radius 2 is 0.975 bits per heavy atom. The molecule has 194 valence electrons. The van der Waals surface area contributed by atoms with Crippen LogP contribution in [-0.4, -0.2) is 4.57 Å². The van der Waals surface area contributed by atoms with E-state index >= 15 is 0 Å². The molecular formula is C38H32N2. The van der Waals surface area contributed by atoms with Gasteiger partial charge in [-0.3, -0.25) is 0 Å². The largest absolute Gasteiger partial charge is 0.317 e. The van der Waals surface area contributed by atoms with Gasteiger partial charge in [-0.15, -0.1) is 0 Å². The zero-order valence-electron chi connectivity index (χ0n) is 22.9. The molecule has 0 bridgehead atoms. The van der Waals surface area contributed by atoms with E-state index in [1.165, 1.54) is 33.2 Å². The van der Waals surface area contributed by atoms with Gasteiger partial charge in [-0.2, -0.15) is 0 Å². The lowest BCUT2D eigenvalue weighted by Crippen LogP contribution is -2.09. The van der Waals surface area contributed by atoms with Crippen molar-refractivity contribution < 1.29 is 0 Å². The number of benzene rings is 5. The van der Waals surface area contributed by atoms with E-state index in [1.807, 2.05) is 13.8 Å². The van der Waals surface area contributed by atoms with Crippen molar-refractivity contribution in [1.82, 2.24) is 4.57 Å². The van der Waals surface area contributed by atoms with E-state index < -0.39 is 0 Å². The molecule has 0 N–H and O–H groups in total. The van der Waals surface area contributed by atoms with Gasteiger partial charge < -0.3 is 9.47 Å². The first-order valence-electron chi connectivity index (χ1n) is 13.8. The zero-order chi connectivity index (χ0) is 27.3. The fourth-order valence-corrected chi connectivity index (χ4v) is 5.23. The van der Waals surface area contributed by atoms with E-state index in [4.69, 9.17) is 0 Å². The minimum Gasteiger partial charge on any atom is -0.317 e. The van der Waals surface area contributed by atoms with Crippen molar-refractivity contribution in [3.63, 3.8) is 0 Å². The number of allylic oxidation sites excluding steroid dienone is 2. The first-order chi connectivity index (χ1) is 19.7. The Hall–Kier alpha value is -5.08. The lowest BCUT2D eigenvalue weighted by molar-refractivity contribution is 1.13. The van der Waals surface area contributed by atoms with Gasteiger partial charge in [0.2, 0.25) is 0 Å². The molecule has 0 saturated heterocycles. The van der Waals surface area contributed by atoms with E-state index in [1.54, 1.807) is 0 Å². The monoisotopic (exact) mass is 516 g/mol. The van der Waals surface area contributed by atoms with Crippen molar-refractivity contribution >= 4 is 40.1 Å². The molecule has 5 aromatic carbocycles. The highest BCUT2D eigenvalue weighted by Gasteiger charge is 2.13. The molecule has 1 aromatic heterocycles. The van der Waals surface area contributed by atoms with E-state index in [0.29, 0.717) is 0 Å². The molecule has 40 heavy (non-hydrogen) atoms. The van der Waals surface area contributed by atoms with Crippen molar-refractivity contribution in [3.05, 3.63) is 157 Å². The van der Waals surface area contributed by atoms with Gasteiger partial charge in [-0.1, -0.05) is 91.0 Å². The Morgan fingerprint density at radius 1 is 0.500 bits per heavy atom. The third-order valence-corrected chi connectivity index (χ3v) is 7.22. The van der Waals surface area contributed by atoms with Gasteiger partial charge in [-0.05, 0) is 102 Å². The summed E-state index contributed by atoms with van der Waals surface area (Å²) in [4.78, 5) is 2.31. The van der Waals surface area contributed by atoms with Crippen LogP contribution in [0, 0.1) is 0 Å². The molecule has 2 heteroatoms. The van der Waals surface area contributed by atoms with Crippen LogP contribution in [0.15, 0.2) is 146 Å². The average molecular weight is 517 g/mol. The summed E-state index contributed by atoms with van der Waals surface area (Å²) in [7, 11) is 0. The SMILES string of the molecule is CC=Cc1ccc(N(c2ccc(C=CC)cc2)c2ccc(-c3ccc(-n4ccc5ccccc54)cc3)cc2)cc1. The number of rotatable bonds is 7. The van der Waals surface area contributed by atoms with Crippen LogP contribution < -0.4 is 4.90 Å². The predicted octanol–water partition coefficient (Wildman–Crippen LogP) is 10.8. The second-order valence-corrected chi connectivity index (χ2v) is 9.86. The Labute approximate surface area is 236 Å². The average Bonchev–Trinajstić information content (AvgIpc) is 3.44. The molecule has 0 spiro atoms. The highest BCUT2D eigenvalue weighted by atomic mass is 15.1. The van der Waals surface area contributed by atoms with Crippen LogP contribution in [0.2, 0.25) is 0 Å². The predicted molar refractivity (Wildman–Crippen MR) is 173 cm³/mol. The van der Waals surface area contributed by atoms with Gasteiger partial charge in [0.1, 0.15) is 0 Å². The second-order valence-electron chi connectivity index (χ2n) is 9.86. The van der Waals surface area contributed by atoms with Gasteiger partial charge in [0.25, 0.3) is 0 Å². The van der Waals surface area contributed by atoms with Gasteiger partial charge in [0, 0.05) is 28.9 Å². The van der Waals surface area contributed by atoms with E-state index in [2.05, 4.69) is 167 Å². The number of fused-ring (bicyclic) bond motifs is 1. The maximum absolute atomic E-state index is 2.31. The number of aromatic nitrogens is 1. The number of nitrogens with zero attached hydrogens (tertiary/aromatic N) is 2. The van der Waals surface area contributed by atoms with Crippen LogP contribution in [0.3, 0.4) is 0 Å². The minimum absolute atomic E-state index is 1.12. The van der Waals surface area contributed by atoms with Crippen molar-refractivity contribution in [2.75, 3.05) is 4.90 Å². The standard InChI is InChI=1S/C38H32N2/c1-3-7-29-11-19-35(20-12-29)40(36-21-13-30(8-4-2)14-22-36)37-25-17-32(18-26-37)31-15-23-34(24-16-31)39-28-27-33-9-5-6-10-38(33)39/h3-28H,1-2H3. The molecule has 6 rings (SSSR count). The van der Waals surface area contributed by atoms with E-state index in [9.17, 15) is 0 Å². The quantitative estimate of drug-likeness (QED) is 0.205. The Balaban J connectivity index is 1.31. The molecular weight excluding hydrogens is 484 g/mol. The maximum Gasteiger partial charge on any atom is 0.0528 e. The number of anilines is 3. The molecule has 0 fully saturated rings. The first kappa shape index (κ1) is 25.2. The maximum atomic E-state index is 2.31. The summed E-state index contributed by atoms with van der Waals surface area (Å²) < 4.78 is 2.24. The van der Waals surface area contributed by atoms with Crippen LogP contribution >= 0.6 is 0 Å². The van der Waals surface area contributed by atoms with Crippen LogP contribution in [0.5, 0.6) is 0 Å². The van der Waals surface area contributed by atoms with Gasteiger partial charge in [-0.25, -0.2) is 0 Å². The Kier molecular flexibility index (Phi) is 7.15. The lowest BCUT2D eigenvalue weighted by Gasteiger charge is -2.26. The lowest BCUT2D eigenvalue weighted by atomic mass is 10.0. The fraction of sp³-hybridized carbons (Fsp3) is 0.0526. The first-order valence-corrected chi connectivity index (χ1v) is 13.8. The van der Waals surface area contributed by atoms with E-state index in [-0.39, 0.29) is 0 Å². The topological polar surface area (TPSA) is 8.17 Å². The normalized spacial score (nSPS) is 11.6. The number of hydrogen-bond acceptors (Lipinski definition) is 1. The molecule has 1 heterocycles. The molecule has 0 aliphatic heterocycles. The molecule has 0 saturated carbocycles. The fourth-order valence-electron chi connectivity index (χ4n) is 5.23. The molecule has 6 aromatic rings. The molecule has 0 atom stereocenters. The molecule has 0 aliphatic carbocycles. The molecule has 0 aliphatic rings. The summed E-state index contributed by atoms with van der Waals surface area (Å²) in [6.45, 7) is 4.09. The third-order valence-electron chi connectivity index (χ3n) is 7.22. The molecule has 0 unspecified atom stereocenters. The summed E-state index contributed by atoms with van der Waals surface area (Å²) in [6, 6.07) is 45.7. The van der Waals surface area contributed by atoms with Crippen molar-refractivity contribution in [1.29, 1.82) is 0 Å². The molecule has 0 amide bonds. The van der Waals surface area contributed by atoms with Crippen LogP contribution in [0.1, 0.15) is 25.0 Å². The Bertz CT molecular complexity index is 1710. The summed E-state index contributed by atoms with van der Waals surface area (Å²) in [5, 5.41) is 1.25. The molecule has 2 nitrogen and oxygen atoms in total. The van der Waals surface area contributed by atoms with Crippen LogP contribution in [-0.2, 0) is 0 Å². The van der Waals surface area contributed by atoms with Crippen molar-refractivity contribution in [2.45, 2.75) is 13.8 Å². The number of para-hydroxylation sites is 1. The van der Waals surface area contributed by atoms with E-state index in [0.717, 1.165) is 22.7 Å². The Morgan fingerprint density at radius 3 is 1.50 bits per heavy atom. The summed E-state index contributed by atoms with van der Waals surface area (Å²) in [5.74, 6) is 0. The van der Waals surface area contributed by atoms with Crippen molar-refractivity contribution in [2.24, 2.45) is 0 Å². The van der Waals surface area contributed by atoms with Gasteiger partial charge in [0.15, 0.2) is 0 Å². The highest BCUT2D eigenvalue weighted by Crippen LogP contribution is 2.36. The van der Waals surface area contributed by atoms with Gasteiger partial charge >= 0.3 is 0 Å². The summed E-state index contributed by atoms with van der Waals surface area (Å²) in [5.41, 5.74) is 10.5. The highest BCUT2D eigenvalue weighted by molar-refractivity contribution is 5.82. The van der Waals surface area contributed by atoms with Gasteiger partial charge in [0.05, 0.1) is 5.52 Å². The second kappa shape index (κ2) is 11.3. The smallest absolute Gasteiger partial charge is 0.0528 e. The summed E-state index contributed by atoms with van der Waals surface area (Å²) >= 11 is 0.